The fourth-order valence-electron chi connectivity index (χ4n) is 2.08. The Balaban J connectivity index is 2.32. The highest BCUT2D eigenvalue weighted by Crippen LogP contribution is 2.05. The van der Waals surface area contributed by atoms with E-state index in [-0.39, 0.29) is 11.9 Å². The summed E-state index contributed by atoms with van der Waals surface area (Å²) in [6.45, 7) is 4.22. The number of nitrogens with two attached hydrogens (primary N) is 1. The van der Waals surface area contributed by atoms with Gasteiger partial charge < -0.3 is 11.1 Å². The number of carbonyl (C=O) groups excluding carboxylic acids is 1. The number of hydrogen-bond donors (Lipinski definition) is 2. The molecule has 0 aromatic heterocycles. The summed E-state index contributed by atoms with van der Waals surface area (Å²) >= 11 is 0. The normalized spacial score (nSPS) is 13.8. The highest BCUT2D eigenvalue weighted by molar-refractivity contribution is 5.82. The van der Waals surface area contributed by atoms with Gasteiger partial charge in [0.05, 0.1) is 6.04 Å². The molecule has 0 aliphatic heterocycles. The summed E-state index contributed by atoms with van der Waals surface area (Å²) in [7, 11) is 0. The molecule has 1 amide bonds. The first-order valence-corrected chi connectivity index (χ1v) is 7.23. The van der Waals surface area contributed by atoms with E-state index in [2.05, 4.69) is 12.2 Å². The van der Waals surface area contributed by atoms with Crippen LogP contribution in [0.1, 0.15) is 45.1 Å². The van der Waals surface area contributed by atoms with Gasteiger partial charge in [0.2, 0.25) is 5.91 Å². The maximum absolute atomic E-state index is 12.0. The minimum Gasteiger partial charge on any atom is -0.352 e. The minimum atomic E-state index is -0.462. The first kappa shape index (κ1) is 15.7. The lowest BCUT2D eigenvalue weighted by molar-refractivity contribution is -0.123. The van der Waals surface area contributed by atoms with E-state index in [1.165, 1.54) is 12.8 Å². The summed E-state index contributed by atoms with van der Waals surface area (Å²) < 4.78 is 0. The number of rotatable bonds is 8. The van der Waals surface area contributed by atoms with Gasteiger partial charge in [-0.3, -0.25) is 4.79 Å². The van der Waals surface area contributed by atoms with Gasteiger partial charge >= 0.3 is 0 Å². The molecular formula is C16H26N2O. The number of amides is 1. The topological polar surface area (TPSA) is 55.1 Å². The second-order valence-corrected chi connectivity index (χ2v) is 5.20. The molecule has 0 aliphatic carbocycles. The number of hydrogen-bond acceptors (Lipinski definition) is 2. The SMILES string of the molecule is CCCCCC(C)NC(=O)[C@@H](N)Cc1ccccc1. The summed E-state index contributed by atoms with van der Waals surface area (Å²) in [6, 6.07) is 9.64. The van der Waals surface area contributed by atoms with Crippen LogP contribution in [-0.4, -0.2) is 18.0 Å². The quantitative estimate of drug-likeness (QED) is 0.708. The lowest BCUT2D eigenvalue weighted by Gasteiger charge is -2.17. The van der Waals surface area contributed by atoms with E-state index in [9.17, 15) is 4.79 Å². The number of unbranched alkanes of at least 4 members (excludes halogenated alkanes) is 2. The third-order valence-corrected chi connectivity index (χ3v) is 3.26. The van der Waals surface area contributed by atoms with Crippen molar-refractivity contribution in [3.8, 4) is 0 Å². The van der Waals surface area contributed by atoms with E-state index in [0.29, 0.717) is 6.42 Å². The summed E-state index contributed by atoms with van der Waals surface area (Å²) in [5.41, 5.74) is 7.04. The third-order valence-electron chi connectivity index (χ3n) is 3.26. The molecule has 0 spiro atoms. The van der Waals surface area contributed by atoms with Crippen LogP contribution in [-0.2, 0) is 11.2 Å². The van der Waals surface area contributed by atoms with Crippen molar-refractivity contribution in [1.82, 2.24) is 5.32 Å². The van der Waals surface area contributed by atoms with Crippen LogP contribution in [0.15, 0.2) is 30.3 Å². The molecule has 1 aromatic carbocycles. The monoisotopic (exact) mass is 262 g/mol. The molecule has 106 valence electrons. The molecule has 0 fully saturated rings. The summed E-state index contributed by atoms with van der Waals surface area (Å²) in [6.07, 6.45) is 5.20. The Labute approximate surface area is 116 Å². The molecule has 0 bridgehead atoms. The molecule has 0 radical (unpaired) electrons. The van der Waals surface area contributed by atoms with Gasteiger partial charge in [-0.15, -0.1) is 0 Å². The van der Waals surface area contributed by atoms with Gasteiger partial charge in [-0.1, -0.05) is 56.5 Å². The van der Waals surface area contributed by atoms with Gasteiger partial charge in [-0.25, -0.2) is 0 Å². The number of carbonyl (C=O) groups is 1. The predicted octanol–water partition coefficient (Wildman–Crippen LogP) is 2.64. The minimum absolute atomic E-state index is 0.0483. The summed E-state index contributed by atoms with van der Waals surface area (Å²) in [4.78, 5) is 12.0. The first-order chi connectivity index (χ1) is 9.13. The van der Waals surface area contributed by atoms with E-state index in [0.717, 1.165) is 18.4 Å². The Hall–Kier alpha value is -1.35. The van der Waals surface area contributed by atoms with Crippen LogP contribution in [0, 0.1) is 0 Å². The third kappa shape index (κ3) is 6.39. The van der Waals surface area contributed by atoms with Crippen LogP contribution in [0.2, 0.25) is 0 Å². The molecule has 0 saturated heterocycles. The van der Waals surface area contributed by atoms with Crippen molar-refractivity contribution in [2.75, 3.05) is 0 Å². The molecule has 19 heavy (non-hydrogen) atoms. The van der Waals surface area contributed by atoms with Crippen molar-refractivity contribution >= 4 is 5.91 Å². The summed E-state index contributed by atoms with van der Waals surface area (Å²) in [5.74, 6) is -0.0483. The Bertz CT molecular complexity index is 364. The van der Waals surface area contributed by atoms with Crippen molar-refractivity contribution < 1.29 is 4.79 Å². The second kappa shape index (κ2) is 8.70. The summed E-state index contributed by atoms with van der Waals surface area (Å²) in [5, 5.41) is 2.99. The molecular weight excluding hydrogens is 236 g/mol. The molecule has 1 unspecified atom stereocenters. The van der Waals surface area contributed by atoms with E-state index < -0.39 is 6.04 Å². The Morgan fingerprint density at radius 1 is 1.26 bits per heavy atom. The van der Waals surface area contributed by atoms with Crippen molar-refractivity contribution in [2.24, 2.45) is 5.73 Å². The predicted molar refractivity (Wildman–Crippen MR) is 79.9 cm³/mol. The van der Waals surface area contributed by atoms with Crippen LogP contribution >= 0.6 is 0 Å². The zero-order valence-corrected chi connectivity index (χ0v) is 12.1. The molecule has 1 rings (SSSR count). The maximum Gasteiger partial charge on any atom is 0.237 e. The van der Waals surface area contributed by atoms with Crippen LogP contribution in [0.5, 0.6) is 0 Å². The van der Waals surface area contributed by atoms with E-state index in [1.54, 1.807) is 0 Å². The lowest BCUT2D eigenvalue weighted by Crippen LogP contribution is -2.45. The lowest BCUT2D eigenvalue weighted by atomic mass is 10.1. The first-order valence-electron chi connectivity index (χ1n) is 7.23. The van der Waals surface area contributed by atoms with Crippen molar-refractivity contribution in [3.63, 3.8) is 0 Å². The van der Waals surface area contributed by atoms with Gasteiger partial charge in [0.1, 0.15) is 0 Å². The molecule has 0 aliphatic rings. The van der Waals surface area contributed by atoms with Crippen molar-refractivity contribution in [1.29, 1.82) is 0 Å². The van der Waals surface area contributed by atoms with Crippen molar-refractivity contribution in [2.45, 2.75) is 58.0 Å². The fourth-order valence-corrected chi connectivity index (χ4v) is 2.08. The van der Waals surface area contributed by atoms with Crippen LogP contribution in [0.25, 0.3) is 0 Å². The number of benzene rings is 1. The van der Waals surface area contributed by atoms with E-state index in [4.69, 9.17) is 5.73 Å². The van der Waals surface area contributed by atoms with Crippen LogP contribution in [0.4, 0.5) is 0 Å². The standard InChI is InChI=1S/C16H26N2O/c1-3-4-6-9-13(2)18-16(19)15(17)12-14-10-7-5-8-11-14/h5,7-8,10-11,13,15H,3-4,6,9,12,17H2,1-2H3,(H,18,19)/t13?,15-/m0/s1. The molecule has 0 saturated carbocycles. The van der Waals surface area contributed by atoms with E-state index >= 15 is 0 Å². The Morgan fingerprint density at radius 2 is 1.95 bits per heavy atom. The second-order valence-electron chi connectivity index (χ2n) is 5.20. The Morgan fingerprint density at radius 3 is 2.58 bits per heavy atom. The Kier molecular flexibility index (Phi) is 7.19. The van der Waals surface area contributed by atoms with Crippen molar-refractivity contribution in [3.05, 3.63) is 35.9 Å². The van der Waals surface area contributed by atoms with Crippen LogP contribution < -0.4 is 11.1 Å². The van der Waals surface area contributed by atoms with Gasteiger partial charge in [-0.05, 0) is 25.3 Å². The van der Waals surface area contributed by atoms with Gasteiger partial charge in [-0.2, -0.15) is 0 Å². The van der Waals surface area contributed by atoms with Crippen LogP contribution in [0.3, 0.4) is 0 Å². The molecule has 2 atom stereocenters. The zero-order chi connectivity index (χ0) is 14.1. The average Bonchev–Trinajstić information content (AvgIpc) is 2.40. The average molecular weight is 262 g/mol. The largest absolute Gasteiger partial charge is 0.352 e. The van der Waals surface area contributed by atoms with E-state index in [1.807, 2.05) is 37.3 Å². The highest BCUT2D eigenvalue weighted by atomic mass is 16.2. The smallest absolute Gasteiger partial charge is 0.237 e. The zero-order valence-electron chi connectivity index (χ0n) is 12.1. The molecule has 3 heteroatoms. The molecule has 0 heterocycles. The van der Waals surface area contributed by atoms with Gasteiger partial charge in [0, 0.05) is 6.04 Å². The highest BCUT2D eigenvalue weighted by Gasteiger charge is 2.15. The van der Waals surface area contributed by atoms with Gasteiger partial charge in [0.25, 0.3) is 0 Å². The maximum atomic E-state index is 12.0. The van der Waals surface area contributed by atoms with Gasteiger partial charge in [0.15, 0.2) is 0 Å². The number of nitrogens with one attached hydrogen (secondary N) is 1. The molecule has 1 aromatic rings. The fraction of sp³-hybridized carbons (Fsp3) is 0.562. The molecule has 3 N–H and O–H groups in total. The molecule has 3 nitrogen and oxygen atoms in total.